The van der Waals surface area contributed by atoms with Crippen molar-refractivity contribution in [2.75, 3.05) is 32.6 Å². The number of anilines is 1. The molecule has 1 aromatic carbocycles. The summed E-state index contributed by atoms with van der Waals surface area (Å²) in [5.74, 6) is -0.142. The van der Waals surface area contributed by atoms with Gasteiger partial charge in [0.1, 0.15) is 29.5 Å². The summed E-state index contributed by atoms with van der Waals surface area (Å²) in [7, 11) is 3.92. The Labute approximate surface area is 247 Å². The van der Waals surface area contributed by atoms with Crippen molar-refractivity contribution in [2.45, 2.75) is 13.8 Å². The van der Waals surface area contributed by atoms with E-state index in [1.807, 2.05) is 63.2 Å². The second-order valence-electron chi connectivity index (χ2n) is 10.9. The van der Waals surface area contributed by atoms with E-state index in [2.05, 4.69) is 35.5 Å². The summed E-state index contributed by atoms with van der Waals surface area (Å²) < 4.78 is 20.5. The number of rotatable bonds is 9. The van der Waals surface area contributed by atoms with Gasteiger partial charge in [-0.15, -0.1) is 0 Å². The second-order valence-corrected chi connectivity index (χ2v) is 10.9. The van der Waals surface area contributed by atoms with E-state index in [1.165, 1.54) is 12.1 Å². The Morgan fingerprint density at radius 3 is 2.70 bits per heavy atom. The predicted molar refractivity (Wildman–Crippen MR) is 165 cm³/mol. The number of ether oxygens (including phenoxy) is 1. The summed E-state index contributed by atoms with van der Waals surface area (Å²) in [6, 6.07) is 12.3. The molecule has 5 aromatic heterocycles. The summed E-state index contributed by atoms with van der Waals surface area (Å²) in [5.41, 5.74) is 6.38. The number of amides is 1. The number of nitrogens with zero attached hydrogens (tertiary/aromatic N) is 5. The fraction of sp³-hybridized carbons (Fsp3) is 0.219. The first-order chi connectivity index (χ1) is 20.7. The number of pyridine rings is 3. The molecular weight excluding hydrogens is 547 g/mol. The number of hydrogen-bond donors (Lipinski definition) is 3. The first kappa shape index (κ1) is 28.0. The molecule has 0 fully saturated rings. The Balaban J connectivity index is 1.36. The molecule has 0 atom stereocenters. The van der Waals surface area contributed by atoms with Crippen molar-refractivity contribution in [2.24, 2.45) is 5.92 Å². The van der Waals surface area contributed by atoms with Gasteiger partial charge < -0.3 is 19.9 Å². The molecule has 0 radical (unpaired) electrons. The highest BCUT2D eigenvalue weighted by Gasteiger charge is 2.17. The molecule has 11 heteroatoms. The zero-order chi connectivity index (χ0) is 30.1. The fourth-order valence-electron chi connectivity index (χ4n) is 4.77. The molecule has 10 nitrogen and oxygen atoms in total. The SMILES string of the molecule is CC(C)C(=O)Nc1cncc(-c2cc3c(-c4cc5c(-c6cc(F)cc(OCCN(C)C)c6)ccnc5[nH]4)n[nH]c3cn2)c1. The molecule has 0 saturated heterocycles. The van der Waals surface area contributed by atoms with Crippen LogP contribution in [0.25, 0.3) is 55.7 Å². The molecule has 218 valence electrons. The zero-order valence-corrected chi connectivity index (χ0v) is 24.3. The summed E-state index contributed by atoms with van der Waals surface area (Å²) in [6.45, 7) is 4.84. The number of benzene rings is 1. The van der Waals surface area contributed by atoms with Gasteiger partial charge in [0.15, 0.2) is 0 Å². The molecule has 0 bridgehead atoms. The number of halogens is 1. The van der Waals surface area contributed by atoms with Crippen molar-refractivity contribution in [3.63, 3.8) is 0 Å². The molecule has 1 amide bonds. The van der Waals surface area contributed by atoms with Crippen LogP contribution in [0.1, 0.15) is 13.8 Å². The molecule has 0 aliphatic rings. The van der Waals surface area contributed by atoms with Crippen molar-refractivity contribution >= 4 is 33.5 Å². The molecular formula is C32H31FN8O2. The Bertz CT molecular complexity index is 1950. The third-order valence-electron chi connectivity index (χ3n) is 7.05. The first-order valence-electron chi connectivity index (χ1n) is 13.9. The number of carbonyl (C=O) groups is 1. The molecule has 0 saturated carbocycles. The molecule has 0 aliphatic carbocycles. The van der Waals surface area contributed by atoms with Gasteiger partial charge in [-0.25, -0.2) is 9.37 Å². The summed E-state index contributed by atoms with van der Waals surface area (Å²) >= 11 is 0. The van der Waals surface area contributed by atoms with Crippen LogP contribution in [-0.4, -0.2) is 68.2 Å². The van der Waals surface area contributed by atoms with E-state index in [1.54, 1.807) is 24.8 Å². The van der Waals surface area contributed by atoms with Crippen molar-refractivity contribution < 1.29 is 13.9 Å². The minimum absolute atomic E-state index is 0.0856. The number of carbonyl (C=O) groups excluding carboxylic acids is 1. The van der Waals surface area contributed by atoms with Crippen LogP contribution in [0.3, 0.4) is 0 Å². The van der Waals surface area contributed by atoms with Gasteiger partial charge in [-0.2, -0.15) is 5.10 Å². The van der Waals surface area contributed by atoms with Crippen LogP contribution in [0.4, 0.5) is 10.1 Å². The molecule has 6 aromatic rings. The average molecular weight is 579 g/mol. The Morgan fingerprint density at radius 2 is 1.88 bits per heavy atom. The Hall–Kier alpha value is -5.16. The highest BCUT2D eigenvalue weighted by atomic mass is 19.1. The van der Waals surface area contributed by atoms with E-state index in [0.29, 0.717) is 40.6 Å². The van der Waals surface area contributed by atoms with Crippen LogP contribution in [0.2, 0.25) is 0 Å². The lowest BCUT2D eigenvalue weighted by atomic mass is 10.0. The highest BCUT2D eigenvalue weighted by molar-refractivity contribution is 6.00. The van der Waals surface area contributed by atoms with Crippen molar-refractivity contribution in [1.29, 1.82) is 0 Å². The van der Waals surface area contributed by atoms with Gasteiger partial charge in [-0.05, 0) is 61.6 Å². The summed E-state index contributed by atoms with van der Waals surface area (Å²) in [5, 5.41) is 12.2. The molecule has 6 rings (SSSR count). The minimum Gasteiger partial charge on any atom is -0.492 e. The normalized spacial score (nSPS) is 11.6. The van der Waals surface area contributed by atoms with Gasteiger partial charge >= 0.3 is 0 Å². The second kappa shape index (κ2) is 11.6. The maximum Gasteiger partial charge on any atom is 0.226 e. The van der Waals surface area contributed by atoms with Crippen LogP contribution in [0.5, 0.6) is 5.75 Å². The van der Waals surface area contributed by atoms with E-state index < -0.39 is 0 Å². The monoisotopic (exact) mass is 578 g/mol. The lowest BCUT2D eigenvalue weighted by Crippen LogP contribution is -2.19. The number of fused-ring (bicyclic) bond motifs is 2. The quantitative estimate of drug-likeness (QED) is 0.195. The number of likely N-dealkylation sites (N-methyl/N-ethyl adjacent to an activating group) is 1. The maximum atomic E-state index is 14.6. The number of aromatic nitrogens is 6. The molecule has 3 N–H and O–H groups in total. The van der Waals surface area contributed by atoms with E-state index in [0.717, 1.165) is 39.7 Å². The highest BCUT2D eigenvalue weighted by Crippen LogP contribution is 2.35. The predicted octanol–water partition coefficient (Wildman–Crippen LogP) is 5.90. The van der Waals surface area contributed by atoms with Gasteiger partial charge in [0.2, 0.25) is 5.91 Å². The van der Waals surface area contributed by atoms with Gasteiger partial charge in [0.05, 0.1) is 35.0 Å². The van der Waals surface area contributed by atoms with E-state index >= 15 is 0 Å². The summed E-state index contributed by atoms with van der Waals surface area (Å²) in [6.07, 6.45) is 6.73. The number of hydrogen-bond acceptors (Lipinski definition) is 7. The van der Waals surface area contributed by atoms with Crippen molar-refractivity contribution in [3.05, 3.63) is 73.1 Å². The van der Waals surface area contributed by atoms with Crippen LogP contribution in [-0.2, 0) is 4.79 Å². The minimum atomic E-state index is -0.376. The van der Waals surface area contributed by atoms with E-state index in [-0.39, 0.29) is 17.6 Å². The lowest BCUT2D eigenvalue weighted by molar-refractivity contribution is -0.118. The molecule has 43 heavy (non-hydrogen) atoms. The third kappa shape index (κ3) is 5.93. The first-order valence-corrected chi connectivity index (χ1v) is 13.9. The number of H-pyrrole nitrogens is 2. The largest absolute Gasteiger partial charge is 0.492 e. The standard InChI is InChI=1S/C32H31FN8O2/c1-18(2)32(42)37-22-10-20(15-34-16-22)27-14-26-29(17-36-27)39-40-30(26)28-13-25-24(5-6-35-31(25)38-28)19-9-21(33)12-23(11-19)43-8-7-41(3)4/h5-6,9-18H,7-8H2,1-4H3,(H,35,38)(H,37,42)(H,39,40). The van der Waals surface area contributed by atoms with Gasteiger partial charge in [-0.3, -0.25) is 19.9 Å². The number of nitrogens with one attached hydrogen (secondary N) is 3. The maximum absolute atomic E-state index is 14.6. The van der Waals surface area contributed by atoms with Crippen LogP contribution >= 0.6 is 0 Å². The Kier molecular flexibility index (Phi) is 7.56. The van der Waals surface area contributed by atoms with E-state index in [9.17, 15) is 9.18 Å². The third-order valence-corrected chi connectivity index (χ3v) is 7.05. The van der Waals surface area contributed by atoms with Crippen LogP contribution in [0.15, 0.2) is 67.3 Å². The van der Waals surface area contributed by atoms with Gasteiger partial charge in [0.25, 0.3) is 0 Å². The van der Waals surface area contributed by atoms with Crippen molar-refractivity contribution in [3.8, 4) is 39.5 Å². The van der Waals surface area contributed by atoms with E-state index in [4.69, 9.17) is 4.74 Å². The zero-order valence-electron chi connectivity index (χ0n) is 24.3. The van der Waals surface area contributed by atoms with Gasteiger partial charge in [0, 0.05) is 47.3 Å². The summed E-state index contributed by atoms with van der Waals surface area (Å²) in [4.78, 5) is 31.0. The van der Waals surface area contributed by atoms with Gasteiger partial charge in [-0.1, -0.05) is 13.8 Å². The smallest absolute Gasteiger partial charge is 0.226 e. The molecule has 0 spiro atoms. The average Bonchev–Trinajstić information content (AvgIpc) is 3.60. The number of aromatic amines is 2. The molecule has 0 unspecified atom stereocenters. The fourth-order valence-corrected chi connectivity index (χ4v) is 4.77. The van der Waals surface area contributed by atoms with Crippen LogP contribution in [0, 0.1) is 11.7 Å². The topological polar surface area (TPSA) is 125 Å². The molecule has 5 heterocycles. The van der Waals surface area contributed by atoms with Crippen LogP contribution < -0.4 is 10.1 Å². The Morgan fingerprint density at radius 1 is 1.02 bits per heavy atom. The van der Waals surface area contributed by atoms with Crippen molar-refractivity contribution in [1.82, 2.24) is 35.0 Å². The molecule has 0 aliphatic heterocycles. The lowest BCUT2D eigenvalue weighted by Gasteiger charge is -2.12.